The molecule has 0 saturated heterocycles. The van der Waals surface area contributed by atoms with E-state index in [2.05, 4.69) is 50.8 Å². The highest BCUT2D eigenvalue weighted by Crippen LogP contribution is 2.38. The van der Waals surface area contributed by atoms with E-state index in [1.807, 2.05) is 19.1 Å². The van der Waals surface area contributed by atoms with Crippen molar-refractivity contribution >= 4 is 28.2 Å². The van der Waals surface area contributed by atoms with Crippen LogP contribution in [0, 0.1) is 18.3 Å². The van der Waals surface area contributed by atoms with Crippen molar-refractivity contribution in [1.82, 2.24) is 19.9 Å². The van der Waals surface area contributed by atoms with Crippen LogP contribution in [0.3, 0.4) is 0 Å². The molecule has 0 unspecified atom stereocenters. The number of benzene rings is 2. The highest BCUT2D eigenvalue weighted by Gasteiger charge is 2.20. The minimum absolute atomic E-state index is 0.459. The number of likely N-dealkylation sites (N-methyl/N-ethyl adjacent to an activating group) is 1. The molecule has 0 radical (unpaired) electrons. The Hall–Kier alpha value is -4.42. The Morgan fingerprint density at radius 3 is 2.86 bits per heavy atom. The summed E-state index contributed by atoms with van der Waals surface area (Å²) in [5, 5.41) is 17.4. The van der Waals surface area contributed by atoms with E-state index < -0.39 is 0 Å². The number of aromatic nitrogens is 3. The summed E-state index contributed by atoms with van der Waals surface area (Å²) in [5.41, 5.74) is 8.15. The molecule has 6 rings (SSSR count). The van der Waals surface area contributed by atoms with Crippen molar-refractivity contribution in [1.29, 1.82) is 5.26 Å². The maximum Gasteiger partial charge on any atom is 0.237 e. The quantitative estimate of drug-likeness (QED) is 0.427. The summed E-state index contributed by atoms with van der Waals surface area (Å²) >= 11 is 0. The standard InChI is InChI=1S/C28H27N7O2/c1-16-22(14-31-27-26(16)30-5-7-37-27)21-11-23-19(8-18(21)12-29)13-32-28(33-23)34-24-9-20-15-35(2)6-4-17(20)10-25(24)36-3/h8-11,13-14,30H,4-7,15H2,1-3H3,(H,32,33,34). The average molecular weight is 494 g/mol. The molecule has 0 amide bonds. The number of fused-ring (bicyclic) bond motifs is 3. The molecule has 0 bridgehead atoms. The van der Waals surface area contributed by atoms with Gasteiger partial charge in [-0.3, -0.25) is 0 Å². The van der Waals surface area contributed by atoms with Crippen molar-refractivity contribution < 1.29 is 9.47 Å². The van der Waals surface area contributed by atoms with Crippen LogP contribution in [0.4, 0.5) is 17.3 Å². The van der Waals surface area contributed by atoms with E-state index in [0.717, 1.165) is 64.2 Å². The van der Waals surface area contributed by atoms with Gasteiger partial charge in [-0.2, -0.15) is 5.26 Å². The summed E-state index contributed by atoms with van der Waals surface area (Å²) in [6.45, 7) is 5.23. The summed E-state index contributed by atoms with van der Waals surface area (Å²) in [6.07, 6.45) is 4.50. The monoisotopic (exact) mass is 493 g/mol. The SMILES string of the molecule is COc1cc2c(cc1Nc1ncc3cc(C#N)c(-c4cnc5c(c4C)NCCO5)cc3n1)CN(C)CC2. The van der Waals surface area contributed by atoms with Crippen molar-refractivity contribution in [3.63, 3.8) is 0 Å². The molecule has 4 heterocycles. The summed E-state index contributed by atoms with van der Waals surface area (Å²) in [6, 6.07) is 10.3. The van der Waals surface area contributed by atoms with Crippen LogP contribution in [0.25, 0.3) is 22.0 Å². The Bertz CT molecular complexity index is 1580. The van der Waals surface area contributed by atoms with Crippen LogP contribution >= 0.6 is 0 Å². The zero-order valence-electron chi connectivity index (χ0n) is 21.1. The molecule has 2 N–H and O–H groups in total. The molecular weight excluding hydrogens is 466 g/mol. The van der Waals surface area contributed by atoms with Crippen LogP contribution in [-0.4, -0.2) is 53.7 Å². The summed E-state index contributed by atoms with van der Waals surface area (Å²) in [7, 11) is 3.80. The molecule has 9 nitrogen and oxygen atoms in total. The fraction of sp³-hybridized carbons (Fsp3) is 0.286. The van der Waals surface area contributed by atoms with Gasteiger partial charge in [0.05, 0.1) is 29.9 Å². The molecule has 9 heteroatoms. The summed E-state index contributed by atoms with van der Waals surface area (Å²) < 4.78 is 11.3. The Labute approximate surface area is 215 Å². The molecule has 186 valence electrons. The fourth-order valence-corrected chi connectivity index (χ4v) is 5.06. The molecule has 2 aromatic carbocycles. The van der Waals surface area contributed by atoms with Crippen LogP contribution in [-0.2, 0) is 13.0 Å². The van der Waals surface area contributed by atoms with Gasteiger partial charge in [0, 0.05) is 48.5 Å². The second-order valence-corrected chi connectivity index (χ2v) is 9.45. The summed E-state index contributed by atoms with van der Waals surface area (Å²) in [4.78, 5) is 16.1. The number of anilines is 3. The van der Waals surface area contributed by atoms with Gasteiger partial charge in [0.25, 0.3) is 0 Å². The van der Waals surface area contributed by atoms with E-state index in [1.54, 1.807) is 19.5 Å². The molecule has 2 aliphatic rings. The Morgan fingerprint density at radius 2 is 2.03 bits per heavy atom. The molecule has 0 atom stereocenters. The molecular formula is C28H27N7O2. The largest absolute Gasteiger partial charge is 0.495 e. The van der Waals surface area contributed by atoms with Crippen LogP contribution in [0.5, 0.6) is 11.6 Å². The number of nitrogens with one attached hydrogen (secondary N) is 2. The maximum atomic E-state index is 9.91. The highest BCUT2D eigenvalue weighted by molar-refractivity contribution is 5.90. The van der Waals surface area contributed by atoms with Gasteiger partial charge in [0.1, 0.15) is 18.0 Å². The number of hydrogen-bond donors (Lipinski definition) is 2. The lowest BCUT2D eigenvalue weighted by molar-refractivity contribution is 0.310. The van der Waals surface area contributed by atoms with Gasteiger partial charge in [-0.1, -0.05) is 0 Å². The van der Waals surface area contributed by atoms with Gasteiger partial charge in [-0.15, -0.1) is 0 Å². The van der Waals surface area contributed by atoms with Crippen LogP contribution < -0.4 is 20.1 Å². The van der Waals surface area contributed by atoms with Crippen LogP contribution in [0.15, 0.2) is 36.7 Å². The number of rotatable bonds is 4. The number of pyridine rings is 1. The molecule has 2 aromatic heterocycles. The summed E-state index contributed by atoms with van der Waals surface area (Å²) in [5.74, 6) is 1.81. The lowest BCUT2D eigenvalue weighted by Gasteiger charge is -2.26. The lowest BCUT2D eigenvalue weighted by Crippen LogP contribution is -2.26. The molecule has 0 saturated carbocycles. The van der Waals surface area contributed by atoms with Crippen molar-refractivity contribution in [2.45, 2.75) is 19.9 Å². The van der Waals surface area contributed by atoms with Gasteiger partial charge < -0.3 is 25.0 Å². The molecule has 0 aliphatic carbocycles. The van der Waals surface area contributed by atoms with Crippen molar-refractivity contribution in [2.24, 2.45) is 0 Å². The van der Waals surface area contributed by atoms with Gasteiger partial charge in [0.15, 0.2) is 0 Å². The minimum Gasteiger partial charge on any atom is -0.495 e. The van der Waals surface area contributed by atoms with Gasteiger partial charge in [-0.05, 0) is 61.3 Å². The topological polar surface area (TPSA) is 108 Å². The molecule has 4 aromatic rings. The molecule has 0 fully saturated rings. The number of ether oxygens (including phenoxy) is 2. The first-order chi connectivity index (χ1) is 18.0. The second kappa shape index (κ2) is 9.22. The van der Waals surface area contributed by atoms with E-state index in [-0.39, 0.29) is 0 Å². The Kier molecular flexibility index (Phi) is 5.74. The molecule has 37 heavy (non-hydrogen) atoms. The zero-order valence-corrected chi connectivity index (χ0v) is 21.1. The maximum absolute atomic E-state index is 9.91. The van der Waals surface area contributed by atoms with E-state index in [9.17, 15) is 5.26 Å². The normalized spacial score (nSPS) is 14.6. The average Bonchev–Trinajstić information content (AvgIpc) is 2.92. The predicted molar refractivity (Wildman–Crippen MR) is 143 cm³/mol. The number of hydrogen-bond acceptors (Lipinski definition) is 9. The predicted octanol–water partition coefficient (Wildman–Crippen LogP) is 4.42. The van der Waals surface area contributed by atoms with Gasteiger partial charge >= 0.3 is 0 Å². The van der Waals surface area contributed by atoms with Crippen LogP contribution in [0.2, 0.25) is 0 Å². The van der Waals surface area contributed by atoms with E-state index in [4.69, 9.17) is 14.5 Å². The zero-order chi connectivity index (χ0) is 25.5. The third-order valence-corrected chi connectivity index (χ3v) is 7.05. The van der Waals surface area contributed by atoms with Gasteiger partial charge in [0.2, 0.25) is 11.8 Å². The number of nitriles is 1. The first-order valence-electron chi connectivity index (χ1n) is 12.3. The fourth-order valence-electron chi connectivity index (χ4n) is 5.06. The number of methoxy groups -OCH3 is 1. The second-order valence-electron chi connectivity index (χ2n) is 9.45. The number of nitrogens with zero attached hydrogens (tertiary/aromatic N) is 5. The van der Waals surface area contributed by atoms with Crippen LogP contribution in [0.1, 0.15) is 22.3 Å². The molecule has 2 aliphatic heterocycles. The Morgan fingerprint density at radius 1 is 1.14 bits per heavy atom. The van der Waals surface area contributed by atoms with Crippen molar-refractivity contribution in [2.75, 3.05) is 44.5 Å². The molecule has 0 spiro atoms. The third kappa shape index (κ3) is 4.15. The first kappa shape index (κ1) is 23.0. The van der Waals surface area contributed by atoms with E-state index in [0.29, 0.717) is 30.5 Å². The smallest absolute Gasteiger partial charge is 0.237 e. The van der Waals surface area contributed by atoms with E-state index >= 15 is 0 Å². The lowest BCUT2D eigenvalue weighted by atomic mass is 9.95. The van der Waals surface area contributed by atoms with Gasteiger partial charge in [-0.25, -0.2) is 15.0 Å². The first-order valence-corrected chi connectivity index (χ1v) is 12.3. The third-order valence-electron chi connectivity index (χ3n) is 7.05. The minimum atomic E-state index is 0.459. The van der Waals surface area contributed by atoms with Crippen molar-refractivity contribution in [3.05, 3.63) is 58.9 Å². The van der Waals surface area contributed by atoms with Crippen molar-refractivity contribution in [3.8, 4) is 28.8 Å². The highest BCUT2D eigenvalue weighted by atomic mass is 16.5. The Balaban J connectivity index is 1.40. The van der Waals surface area contributed by atoms with E-state index in [1.165, 1.54) is 11.1 Å².